The number of allylic oxidation sites excluding steroid dienone is 2. The zero-order chi connectivity index (χ0) is 10.5. The van der Waals surface area contributed by atoms with E-state index in [-0.39, 0.29) is 0 Å². The molecule has 2 bridgehead atoms. The molecule has 1 aromatic rings. The van der Waals surface area contributed by atoms with Gasteiger partial charge in [-0.05, 0) is 47.8 Å². The quantitative estimate of drug-likeness (QED) is 0.688. The molecule has 0 saturated heterocycles. The highest BCUT2D eigenvalue weighted by molar-refractivity contribution is 5.33. The van der Waals surface area contributed by atoms with Gasteiger partial charge in [-0.15, -0.1) is 0 Å². The van der Waals surface area contributed by atoms with Crippen molar-refractivity contribution < 1.29 is 5.11 Å². The van der Waals surface area contributed by atoms with Gasteiger partial charge in [-0.2, -0.15) is 0 Å². The average molecular weight is 200 g/mol. The van der Waals surface area contributed by atoms with E-state index in [4.69, 9.17) is 0 Å². The normalized spacial score (nSPS) is 37.4. The van der Waals surface area contributed by atoms with Gasteiger partial charge in [0.1, 0.15) is 5.75 Å². The summed E-state index contributed by atoms with van der Waals surface area (Å²) in [5.41, 5.74) is 1.82. The van der Waals surface area contributed by atoms with Gasteiger partial charge in [0, 0.05) is 0 Å². The number of phenols is 1. The second kappa shape index (κ2) is 2.88. The third kappa shape index (κ3) is 1.38. The lowest BCUT2D eigenvalue weighted by atomic mass is 9.83. The van der Waals surface area contributed by atoms with Crippen molar-refractivity contribution in [2.75, 3.05) is 0 Å². The summed E-state index contributed by atoms with van der Waals surface area (Å²) in [6, 6.07) is 7.73. The van der Waals surface area contributed by atoms with Gasteiger partial charge in [0.15, 0.2) is 0 Å². The molecular formula is C14H16O. The van der Waals surface area contributed by atoms with Gasteiger partial charge in [-0.1, -0.05) is 31.2 Å². The van der Waals surface area contributed by atoms with Crippen LogP contribution in [0.4, 0.5) is 0 Å². The van der Waals surface area contributed by atoms with Crippen molar-refractivity contribution >= 4 is 0 Å². The van der Waals surface area contributed by atoms with E-state index in [1.807, 2.05) is 0 Å². The van der Waals surface area contributed by atoms with Crippen LogP contribution in [0.5, 0.6) is 5.75 Å². The summed E-state index contributed by atoms with van der Waals surface area (Å²) in [6.07, 6.45) is 7.33. The summed E-state index contributed by atoms with van der Waals surface area (Å²) in [7, 11) is 0. The van der Waals surface area contributed by atoms with Gasteiger partial charge in [-0.25, -0.2) is 0 Å². The van der Waals surface area contributed by atoms with E-state index in [0.717, 1.165) is 5.92 Å². The van der Waals surface area contributed by atoms with E-state index < -0.39 is 0 Å². The maximum absolute atomic E-state index is 9.27. The molecule has 1 aromatic carbocycles. The molecule has 0 spiro atoms. The van der Waals surface area contributed by atoms with Crippen molar-refractivity contribution in [2.24, 2.45) is 11.3 Å². The van der Waals surface area contributed by atoms with Crippen LogP contribution < -0.4 is 0 Å². The second-order valence-corrected chi connectivity index (χ2v) is 5.28. The molecule has 0 heterocycles. The highest BCUT2D eigenvalue weighted by atomic mass is 16.3. The Morgan fingerprint density at radius 2 is 1.93 bits per heavy atom. The zero-order valence-electron chi connectivity index (χ0n) is 8.98. The predicted octanol–water partition coefficient (Wildman–Crippen LogP) is 3.46. The fraction of sp³-hybridized carbons (Fsp3) is 0.429. The van der Waals surface area contributed by atoms with Crippen LogP contribution in [-0.2, 0) is 0 Å². The minimum Gasteiger partial charge on any atom is -0.508 e. The van der Waals surface area contributed by atoms with Crippen molar-refractivity contribution in [2.45, 2.75) is 25.7 Å². The Labute approximate surface area is 90.4 Å². The first-order valence-corrected chi connectivity index (χ1v) is 5.65. The Bertz CT molecular complexity index is 404. The van der Waals surface area contributed by atoms with Crippen LogP contribution in [0.15, 0.2) is 36.4 Å². The van der Waals surface area contributed by atoms with E-state index >= 15 is 0 Å². The topological polar surface area (TPSA) is 20.2 Å². The fourth-order valence-corrected chi connectivity index (χ4v) is 3.20. The molecule has 2 aliphatic rings. The number of aromatic hydroxyl groups is 1. The van der Waals surface area contributed by atoms with Crippen molar-refractivity contribution in [3.63, 3.8) is 0 Å². The summed E-state index contributed by atoms with van der Waals surface area (Å²) < 4.78 is 0. The molecule has 0 amide bonds. The summed E-state index contributed by atoms with van der Waals surface area (Å²) in [4.78, 5) is 0. The molecule has 3 rings (SSSR count). The monoisotopic (exact) mass is 200 g/mol. The smallest absolute Gasteiger partial charge is 0.115 e. The predicted molar refractivity (Wildman–Crippen MR) is 60.8 cm³/mol. The Hall–Kier alpha value is -1.24. The SMILES string of the molecule is C[C@@]12C=CC(C1)C(c1ccc(O)cc1)C2. The van der Waals surface area contributed by atoms with Gasteiger partial charge in [0.05, 0.1) is 0 Å². The molecule has 0 aliphatic heterocycles. The lowest BCUT2D eigenvalue weighted by Gasteiger charge is -2.22. The zero-order valence-corrected chi connectivity index (χ0v) is 8.98. The Morgan fingerprint density at radius 1 is 1.20 bits per heavy atom. The lowest BCUT2D eigenvalue weighted by molar-refractivity contribution is 0.445. The highest BCUT2D eigenvalue weighted by Crippen LogP contribution is 2.56. The third-order valence-electron chi connectivity index (χ3n) is 3.97. The Kier molecular flexibility index (Phi) is 1.73. The molecule has 1 saturated carbocycles. The number of phenolic OH excluding ortho intramolecular Hbond substituents is 1. The second-order valence-electron chi connectivity index (χ2n) is 5.28. The van der Waals surface area contributed by atoms with Crippen LogP contribution in [0.1, 0.15) is 31.2 Å². The van der Waals surface area contributed by atoms with Crippen LogP contribution in [-0.4, -0.2) is 5.11 Å². The van der Waals surface area contributed by atoms with Crippen molar-refractivity contribution in [1.29, 1.82) is 0 Å². The van der Waals surface area contributed by atoms with E-state index in [0.29, 0.717) is 17.1 Å². The fourth-order valence-electron chi connectivity index (χ4n) is 3.20. The number of hydrogen-bond acceptors (Lipinski definition) is 1. The molecular weight excluding hydrogens is 184 g/mol. The first kappa shape index (κ1) is 9.02. The standard InChI is InChI=1S/C14H16O/c1-14-7-6-11(8-14)13(9-14)10-2-4-12(15)5-3-10/h2-7,11,13,15H,8-9H2,1H3/t11?,13?,14-/m1/s1. The summed E-state index contributed by atoms with van der Waals surface area (Å²) >= 11 is 0. The van der Waals surface area contributed by atoms with Crippen LogP contribution in [0, 0.1) is 11.3 Å². The van der Waals surface area contributed by atoms with Crippen LogP contribution in [0.3, 0.4) is 0 Å². The highest BCUT2D eigenvalue weighted by Gasteiger charge is 2.43. The van der Waals surface area contributed by atoms with Crippen molar-refractivity contribution in [1.82, 2.24) is 0 Å². The number of benzene rings is 1. The lowest BCUT2D eigenvalue weighted by Crippen LogP contribution is -2.09. The largest absolute Gasteiger partial charge is 0.508 e. The molecule has 78 valence electrons. The number of fused-ring (bicyclic) bond motifs is 2. The van der Waals surface area contributed by atoms with Gasteiger partial charge in [0.2, 0.25) is 0 Å². The van der Waals surface area contributed by atoms with E-state index in [1.165, 1.54) is 18.4 Å². The van der Waals surface area contributed by atoms with Crippen LogP contribution >= 0.6 is 0 Å². The molecule has 2 aliphatic carbocycles. The van der Waals surface area contributed by atoms with Gasteiger partial charge >= 0.3 is 0 Å². The number of hydrogen-bond donors (Lipinski definition) is 1. The first-order valence-electron chi connectivity index (χ1n) is 5.65. The van der Waals surface area contributed by atoms with Crippen LogP contribution in [0.25, 0.3) is 0 Å². The van der Waals surface area contributed by atoms with Gasteiger partial charge < -0.3 is 5.11 Å². The van der Waals surface area contributed by atoms with E-state index in [1.54, 1.807) is 12.1 Å². The summed E-state index contributed by atoms with van der Waals surface area (Å²) in [5, 5.41) is 9.27. The minimum absolute atomic E-state index is 0.365. The maximum atomic E-state index is 9.27. The van der Waals surface area contributed by atoms with E-state index in [2.05, 4.69) is 31.2 Å². The third-order valence-corrected chi connectivity index (χ3v) is 3.97. The molecule has 1 heteroatoms. The molecule has 3 atom stereocenters. The number of rotatable bonds is 1. The van der Waals surface area contributed by atoms with E-state index in [9.17, 15) is 5.11 Å². The average Bonchev–Trinajstić information content (AvgIpc) is 2.74. The molecule has 2 unspecified atom stereocenters. The Morgan fingerprint density at radius 3 is 2.47 bits per heavy atom. The maximum Gasteiger partial charge on any atom is 0.115 e. The first-order chi connectivity index (χ1) is 7.16. The van der Waals surface area contributed by atoms with Crippen molar-refractivity contribution in [3.8, 4) is 5.75 Å². The van der Waals surface area contributed by atoms with Gasteiger partial charge in [0.25, 0.3) is 0 Å². The van der Waals surface area contributed by atoms with Crippen molar-refractivity contribution in [3.05, 3.63) is 42.0 Å². The minimum atomic E-state index is 0.365. The Balaban J connectivity index is 1.91. The molecule has 0 aromatic heterocycles. The molecule has 0 radical (unpaired) electrons. The summed E-state index contributed by atoms with van der Waals surface area (Å²) in [6.45, 7) is 2.35. The molecule has 1 nitrogen and oxygen atoms in total. The molecule has 1 fully saturated rings. The van der Waals surface area contributed by atoms with Gasteiger partial charge in [-0.3, -0.25) is 0 Å². The molecule has 15 heavy (non-hydrogen) atoms. The molecule has 1 N–H and O–H groups in total. The summed E-state index contributed by atoms with van der Waals surface area (Å²) in [5.74, 6) is 1.75. The van der Waals surface area contributed by atoms with Crippen LogP contribution in [0.2, 0.25) is 0 Å².